The van der Waals surface area contributed by atoms with Gasteiger partial charge in [0.2, 0.25) is 0 Å². The van der Waals surface area contributed by atoms with Crippen LogP contribution in [0.5, 0.6) is 0 Å². The molecule has 0 aliphatic heterocycles. The van der Waals surface area contributed by atoms with Gasteiger partial charge in [0.25, 0.3) is 10.1 Å². The van der Waals surface area contributed by atoms with E-state index in [1.165, 1.54) is 0 Å². The summed E-state index contributed by atoms with van der Waals surface area (Å²) in [6, 6.07) is 0. The monoisotopic (exact) mass is 180 g/mol. The maximum Gasteiger partial charge on any atom is 0.294 e. The average Bonchev–Trinajstić information content (AvgIpc) is 2.10. The smallest absolute Gasteiger partial charge is 0.294 e. The van der Waals surface area contributed by atoms with Crippen LogP contribution in [0.4, 0.5) is 0 Å². The maximum atomic E-state index is 10.6. The first-order valence-electron chi connectivity index (χ1n) is 3.54. The maximum absolute atomic E-state index is 10.6. The predicted octanol–water partition coefficient (Wildman–Crippen LogP) is 0.383. The molecule has 2 unspecified atom stereocenters. The SMILES string of the molecule is CC1CCC(O)(S(=O)(=O)O)C1. The molecule has 5 heteroatoms. The zero-order valence-electron chi connectivity index (χ0n) is 6.32. The van der Waals surface area contributed by atoms with Crippen molar-refractivity contribution in [3.8, 4) is 0 Å². The van der Waals surface area contributed by atoms with Crippen LogP contribution in [0.1, 0.15) is 26.2 Å². The highest BCUT2D eigenvalue weighted by atomic mass is 32.2. The molecule has 4 nitrogen and oxygen atoms in total. The Bertz CT molecular complexity index is 245. The normalized spacial score (nSPS) is 39.4. The summed E-state index contributed by atoms with van der Waals surface area (Å²) in [6.45, 7) is 1.85. The van der Waals surface area contributed by atoms with E-state index in [1.807, 2.05) is 6.92 Å². The van der Waals surface area contributed by atoms with E-state index in [-0.39, 0.29) is 18.8 Å². The molecule has 0 aromatic rings. The fourth-order valence-corrected chi connectivity index (χ4v) is 2.33. The van der Waals surface area contributed by atoms with Crippen LogP contribution in [0.15, 0.2) is 0 Å². The molecule has 0 saturated heterocycles. The Morgan fingerprint density at radius 2 is 2.09 bits per heavy atom. The molecule has 1 saturated carbocycles. The molecule has 0 radical (unpaired) electrons. The molecule has 1 fully saturated rings. The van der Waals surface area contributed by atoms with Gasteiger partial charge in [-0.1, -0.05) is 6.92 Å². The van der Waals surface area contributed by atoms with Crippen LogP contribution in [0.25, 0.3) is 0 Å². The van der Waals surface area contributed by atoms with Crippen molar-refractivity contribution in [2.75, 3.05) is 0 Å². The third-order valence-corrected chi connectivity index (χ3v) is 3.51. The number of hydrogen-bond acceptors (Lipinski definition) is 3. The van der Waals surface area contributed by atoms with Gasteiger partial charge in [0.05, 0.1) is 0 Å². The zero-order chi connectivity index (χ0) is 8.70. The van der Waals surface area contributed by atoms with Crippen molar-refractivity contribution in [3.63, 3.8) is 0 Å². The Kier molecular flexibility index (Phi) is 1.98. The van der Waals surface area contributed by atoms with Crippen LogP contribution in [0, 0.1) is 5.92 Å². The lowest BCUT2D eigenvalue weighted by Crippen LogP contribution is -2.35. The Hall–Kier alpha value is -0.130. The second-order valence-electron chi connectivity index (χ2n) is 3.27. The highest BCUT2D eigenvalue weighted by Gasteiger charge is 2.45. The Balaban J connectivity index is 2.87. The Morgan fingerprint density at radius 3 is 2.27 bits per heavy atom. The Morgan fingerprint density at radius 1 is 1.55 bits per heavy atom. The van der Waals surface area contributed by atoms with Gasteiger partial charge in [-0.25, -0.2) is 0 Å². The molecule has 11 heavy (non-hydrogen) atoms. The molecular formula is C6H12O4S. The molecule has 0 bridgehead atoms. The molecule has 0 spiro atoms. The predicted molar refractivity (Wildman–Crippen MR) is 39.5 cm³/mol. The summed E-state index contributed by atoms with van der Waals surface area (Å²) in [5.41, 5.74) is 0. The molecule has 1 rings (SSSR count). The van der Waals surface area contributed by atoms with E-state index >= 15 is 0 Å². The lowest BCUT2D eigenvalue weighted by Gasteiger charge is -2.17. The summed E-state index contributed by atoms with van der Waals surface area (Å²) >= 11 is 0. The molecule has 0 heterocycles. The molecule has 66 valence electrons. The van der Waals surface area contributed by atoms with E-state index < -0.39 is 15.1 Å². The molecule has 1 aliphatic carbocycles. The molecular weight excluding hydrogens is 168 g/mol. The van der Waals surface area contributed by atoms with Crippen LogP contribution in [0.2, 0.25) is 0 Å². The summed E-state index contributed by atoms with van der Waals surface area (Å²) < 4.78 is 29.8. The van der Waals surface area contributed by atoms with Crippen LogP contribution < -0.4 is 0 Å². The van der Waals surface area contributed by atoms with Crippen molar-refractivity contribution in [3.05, 3.63) is 0 Å². The van der Waals surface area contributed by atoms with Crippen molar-refractivity contribution in [1.29, 1.82) is 0 Å². The van der Waals surface area contributed by atoms with E-state index in [1.54, 1.807) is 0 Å². The van der Waals surface area contributed by atoms with E-state index in [0.29, 0.717) is 6.42 Å². The minimum absolute atomic E-state index is 0.145. The van der Waals surface area contributed by atoms with E-state index in [2.05, 4.69) is 0 Å². The highest BCUT2D eigenvalue weighted by Crippen LogP contribution is 2.37. The van der Waals surface area contributed by atoms with Crippen molar-refractivity contribution < 1.29 is 18.1 Å². The van der Waals surface area contributed by atoms with Gasteiger partial charge < -0.3 is 5.11 Å². The summed E-state index contributed by atoms with van der Waals surface area (Å²) in [7, 11) is -4.28. The van der Waals surface area contributed by atoms with Crippen molar-refractivity contribution in [2.24, 2.45) is 5.92 Å². The van der Waals surface area contributed by atoms with Gasteiger partial charge in [-0.05, 0) is 25.2 Å². The third kappa shape index (κ3) is 1.55. The van der Waals surface area contributed by atoms with Gasteiger partial charge in [0.1, 0.15) is 0 Å². The molecule has 1 aliphatic rings. The molecule has 0 amide bonds. The van der Waals surface area contributed by atoms with Crippen molar-refractivity contribution in [1.82, 2.24) is 0 Å². The second kappa shape index (κ2) is 2.43. The fraction of sp³-hybridized carbons (Fsp3) is 1.00. The topological polar surface area (TPSA) is 74.6 Å². The highest BCUT2D eigenvalue weighted by molar-refractivity contribution is 7.87. The molecule has 0 aromatic heterocycles. The number of aliphatic hydroxyl groups is 1. The lowest BCUT2D eigenvalue weighted by atomic mass is 10.1. The fourth-order valence-electron chi connectivity index (χ4n) is 1.45. The van der Waals surface area contributed by atoms with Gasteiger partial charge in [-0.15, -0.1) is 0 Å². The third-order valence-electron chi connectivity index (χ3n) is 2.18. The van der Waals surface area contributed by atoms with Crippen molar-refractivity contribution in [2.45, 2.75) is 31.1 Å². The quantitative estimate of drug-likeness (QED) is 0.572. The van der Waals surface area contributed by atoms with Gasteiger partial charge in [0, 0.05) is 0 Å². The van der Waals surface area contributed by atoms with E-state index in [9.17, 15) is 13.5 Å². The van der Waals surface area contributed by atoms with Crippen LogP contribution in [0.3, 0.4) is 0 Å². The number of rotatable bonds is 1. The summed E-state index contributed by atoms with van der Waals surface area (Å²) in [4.78, 5) is -1.87. The first kappa shape index (κ1) is 8.96. The zero-order valence-corrected chi connectivity index (χ0v) is 7.13. The largest absolute Gasteiger partial charge is 0.372 e. The van der Waals surface area contributed by atoms with E-state index in [0.717, 1.165) is 0 Å². The summed E-state index contributed by atoms with van der Waals surface area (Å²) in [5, 5.41) is 9.36. The van der Waals surface area contributed by atoms with Crippen molar-refractivity contribution >= 4 is 10.1 Å². The number of hydrogen-bond donors (Lipinski definition) is 2. The Labute approximate surface area is 66.0 Å². The van der Waals surface area contributed by atoms with Crippen LogP contribution >= 0.6 is 0 Å². The van der Waals surface area contributed by atoms with Gasteiger partial charge in [0.15, 0.2) is 4.93 Å². The summed E-state index contributed by atoms with van der Waals surface area (Å²) in [6.07, 6.45) is 0.940. The van der Waals surface area contributed by atoms with E-state index in [4.69, 9.17) is 4.55 Å². The summed E-state index contributed by atoms with van der Waals surface area (Å²) in [5.74, 6) is 0.168. The molecule has 2 N–H and O–H groups in total. The molecule has 0 aromatic carbocycles. The first-order valence-corrected chi connectivity index (χ1v) is 4.98. The lowest BCUT2D eigenvalue weighted by molar-refractivity contribution is 0.117. The van der Waals surface area contributed by atoms with Crippen LogP contribution in [-0.2, 0) is 10.1 Å². The first-order chi connectivity index (χ1) is 4.85. The second-order valence-corrected chi connectivity index (χ2v) is 4.98. The van der Waals surface area contributed by atoms with Gasteiger partial charge in [-0.3, -0.25) is 4.55 Å². The van der Waals surface area contributed by atoms with Gasteiger partial charge in [-0.2, -0.15) is 8.42 Å². The average molecular weight is 180 g/mol. The minimum Gasteiger partial charge on any atom is -0.372 e. The minimum atomic E-state index is -4.28. The standard InChI is InChI=1S/C6H12O4S/c1-5-2-3-6(7,4-5)11(8,9)10/h5,7H,2-4H2,1H3,(H,8,9,10). The van der Waals surface area contributed by atoms with Crippen LogP contribution in [-0.4, -0.2) is 23.0 Å². The molecule has 2 atom stereocenters. The van der Waals surface area contributed by atoms with Gasteiger partial charge >= 0.3 is 0 Å².